The van der Waals surface area contributed by atoms with Crippen LogP contribution in [0, 0.1) is 11.8 Å². The SMILES string of the molecule is CCCCCCCCCCCCCCCCCCCCCCCC(=O)OC[C@H](COP(=O)(O)OC[C@@H](O)COP(=O)(O)OC[C@@H](COC(=O)CCCCCCCCC(C)CC)OC(=O)CCCCCCCCCCCCCCCC)OC(=O)CCCCCCCCCCCCCCCCCCCCC(C)CC. The number of unbranched alkanes of at least 4 members (excludes halogenated alkanes) is 55. The Morgan fingerprint density at radius 1 is 0.262 bits per heavy atom. The average molecular weight is 1560 g/mol. The smallest absolute Gasteiger partial charge is 0.462 e. The van der Waals surface area contributed by atoms with Gasteiger partial charge in [-0.15, -0.1) is 0 Å². The van der Waals surface area contributed by atoms with E-state index in [1.165, 1.54) is 283 Å². The molecule has 0 amide bonds. The van der Waals surface area contributed by atoms with E-state index in [4.69, 9.17) is 37.0 Å². The molecular weight excluding hydrogens is 1390 g/mol. The molecule has 0 aromatic rings. The topological polar surface area (TPSA) is 237 Å². The van der Waals surface area contributed by atoms with E-state index in [1.54, 1.807) is 0 Å². The molecular formula is C88H172O17P2. The third-order valence-electron chi connectivity index (χ3n) is 21.4. The second-order valence-electron chi connectivity index (χ2n) is 32.1. The molecule has 0 aromatic heterocycles. The van der Waals surface area contributed by atoms with Gasteiger partial charge in [0.1, 0.15) is 19.3 Å². The van der Waals surface area contributed by atoms with Gasteiger partial charge in [-0.1, -0.05) is 420 Å². The van der Waals surface area contributed by atoms with E-state index < -0.39 is 97.5 Å². The minimum absolute atomic E-state index is 0.107. The Hall–Kier alpha value is -1.94. The number of ether oxygens (including phenoxy) is 4. The Morgan fingerprint density at radius 2 is 0.449 bits per heavy atom. The van der Waals surface area contributed by atoms with Gasteiger partial charge in [0.15, 0.2) is 12.2 Å². The van der Waals surface area contributed by atoms with Crippen LogP contribution in [0.5, 0.6) is 0 Å². The molecule has 0 aliphatic carbocycles. The van der Waals surface area contributed by atoms with E-state index in [9.17, 15) is 43.2 Å². The van der Waals surface area contributed by atoms with Gasteiger partial charge < -0.3 is 33.8 Å². The molecule has 0 heterocycles. The van der Waals surface area contributed by atoms with E-state index in [0.29, 0.717) is 25.7 Å². The molecule has 0 spiro atoms. The standard InChI is InChI=1S/C88H172O17P2/c1-7-11-13-15-17-19-21-23-25-26-27-28-29-33-36-40-43-47-51-58-64-70-85(90)98-76-83(104-87(92)73-67-61-53-49-45-41-37-34-31-30-32-35-38-42-46-50-56-62-68-80(5)9-3)78-102-106(94,95)100-74-82(89)75-101-107(96,97)103-79-84(77-99-86(91)71-65-59-55-54-57-63-69-81(6)10-4)105-88(93)72-66-60-52-48-44-39-24-22-20-18-16-14-12-8-2/h80-84,89H,7-79H2,1-6H3,(H,94,95)(H,96,97)/t80?,81?,82-,83-,84-/m1/s1. The minimum Gasteiger partial charge on any atom is -0.462 e. The molecule has 0 aliphatic heterocycles. The zero-order chi connectivity index (χ0) is 78.5. The summed E-state index contributed by atoms with van der Waals surface area (Å²) in [4.78, 5) is 73.2. The van der Waals surface area contributed by atoms with Crippen molar-refractivity contribution >= 4 is 39.5 Å². The van der Waals surface area contributed by atoms with E-state index >= 15 is 0 Å². The Kier molecular flexibility index (Phi) is 77.9. The lowest BCUT2D eigenvalue weighted by molar-refractivity contribution is -0.161. The lowest BCUT2D eigenvalue weighted by Gasteiger charge is -2.21. The maximum Gasteiger partial charge on any atom is 0.472 e. The quantitative estimate of drug-likeness (QED) is 0.0222. The molecule has 3 N–H and O–H groups in total. The molecule has 636 valence electrons. The van der Waals surface area contributed by atoms with Crippen LogP contribution in [-0.2, 0) is 65.4 Å². The highest BCUT2D eigenvalue weighted by molar-refractivity contribution is 7.47. The number of rotatable bonds is 87. The van der Waals surface area contributed by atoms with Crippen LogP contribution in [0.25, 0.3) is 0 Å². The maximum absolute atomic E-state index is 13.2. The highest BCUT2D eigenvalue weighted by Crippen LogP contribution is 2.45. The number of esters is 4. The fourth-order valence-electron chi connectivity index (χ4n) is 13.7. The summed E-state index contributed by atoms with van der Waals surface area (Å²) in [5.74, 6) is -0.500. The summed E-state index contributed by atoms with van der Waals surface area (Å²) in [6.07, 6.45) is 72.3. The molecule has 0 rings (SSSR count). The first-order valence-electron chi connectivity index (χ1n) is 45.6. The summed E-state index contributed by atoms with van der Waals surface area (Å²) >= 11 is 0. The molecule has 0 saturated carbocycles. The van der Waals surface area contributed by atoms with Gasteiger partial charge >= 0.3 is 39.5 Å². The normalized spacial score (nSPS) is 14.3. The van der Waals surface area contributed by atoms with Crippen molar-refractivity contribution in [2.45, 2.75) is 490 Å². The number of aliphatic hydroxyl groups excluding tert-OH is 1. The van der Waals surface area contributed by atoms with Crippen LogP contribution < -0.4 is 0 Å². The van der Waals surface area contributed by atoms with Crippen molar-refractivity contribution in [2.24, 2.45) is 11.8 Å². The molecule has 0 aromatic carbocycles. The van der Waals surface area contributed by atoms with Gasteiger partial charge in [-0.2, -0.15) is 0 Å². The van der Waals surface area contributed by atoms with E-state index in [0.717, 1.165) is 108 Å². The monoisotopic (exact) mass is 1560 g/mol. The highest BCUT2D eigenvalue weighted by Gasteiger charge is 2.31. The fourth-order valence-corrected chi connectivity index (χ4v) is 15.3. The molecule has 0 aliphatic rings. The number of phosphoric acid groups is 2. The molecule has 107 heavy (non-hydrogen) atoms. The van der Waals surface area contributed by atoms with Crippen LogP contribution in [0.3, 0.4) is 0 Å². The molecule has 4 unspecified atom stereocenters. The van der Waals surface area contributed by atoms with Crippen molar-refractivity contribution in [2.75, 3.05) is 39.6 Å². The van der Waals surface area contributed by atoms with Crippen LogP contribution in [-0.4, -0.2) is 96.7 Å². The minimum atomic E-state index is -4.97. The third-order valence-corrected chi connectivity index (χ3v) is 23.3. The molecule has 0 bridgehead atoms. The summed E-state index contributed by atoms with van der Waals surface area (Å²) in [6.45, 7) is 9.71. The summed E-state index contributed by atoms with van der Waals surface area (Å²) in [5, 5.41) is 10.7. The number of phosphoric ester groups is 2. The number of carbonyl (C=O) groups excluding carboxylic acids is 4. The zero-order valence-corrected chi connectivity index (χ0v) is 72.2. The molecule has 17 nitrogen and oxygen atoms in total. The van der Waals surface area contributed by atoms with Gasteiger partial charge in [0.2, 0.25) is 0 Å². The van der Waals surface area contributed by atoms with Crippen molar-refractivity contribution < 1.29 is 80.2 Å². The number of hydrogen-bond acceptors (Lipinski definition) is 15. The van der Waals surface area contributed by atoms with Gasteiger partial charge in [-0.05, 0) is 37.5 Å². The summed E-state index contributed by atoms with van der Waals surface area (Å²) in [7, 11) is -9.93. The molecule has 0 radical (unpaired) electrons. The third kappa shape index (κ3) is 79.1. The van der Waals surface area contributed by atoms with E-state index in [1.807, 2.05) is 0 Å². The Morgan fingerprint density at radius 3 is 0.664 bits per heavy atom. The summed E-state index contributed by atoms with van der Waals surface area (Å²) < 4.78 is 68.9. The Balaban J connectivity index is 5.21. The maximum atomic E-state index is 13.2. The first kappa shape index (κ1) is 105. The van der Waals surface area contributed by atoms with Crippen LogP contribution >= 0.6 is 15.6 Å². The summed E-state index contributed by atoms with van der Waals surface area (Å²) in [5.41, 5.74) is 0. The van der Waals surface area contributed by atoms with Crippen molar-refractivity contribution in [3.05, 3.63) is 0 Å². The van der Waals surface area contributed by atoms with Crippen molar-refractivity contribution in [3.8, 4) is 0 Å². The number of hydrogen-bond donors (Lipinski definition) is 3. The van der Waals surface area contributed by atoms with Gasteiger partial charge in [-0.3, -0.25) is 37.3 Å². The van der Waals surface area contributed by atoms with Crippen LogP contribution in [0.4, 0.5) is 0 Å². The van der Waals surface area contributed by atoms with Crippen molar-refractivity contribution in [1.82, 2.24) is 0 Å². The van der Waals surface area contributed by atoms with Crippen LogP contribution in [0.15, 0.2) is 0 Å². The molecule has 0 saturated heterocycles. The first-order valence-corrected chi connectivity index (χ1v) is 48.6. The first-order chi connectivity index (χ1) is 51.9. The van der Waals surface area contributed by atoms with Gasteiger partial charge in [0, 0.05) is 25.7 Å². The second kappa shape index (κ2) is 79.3. The average Bonchev–Trinajstić information content (AvgIpc) is 0.903. The van der Waals surface area contributed by atoms with E-state index in [-0.39, 0.29) is 25.7 Å². The van der Waals surface area contributed by atoms with E-state index in [2.05, 4.69) is 41.5 Å². The Bertz CT molecular complexity index is 2050. The lowest BCUT2D eigenvalue weighted by atomic mass is 9.99. The predicted molar refractivity (Wildman–Crippen MR) is 442 cm³/mol. The molecule has 7 atom stereocenters. The molecule has 19 heteroatoms. The zero-order valence-electron chi connectivity index (χ0n) is 70.5. The van der Waals surface area contributed by atoms with Crippen LogP contribution in [0.2, 0.25) is 0 Å². The lowest BCUT2D eigenvalue weighted by Crippen LogP contribution is -2.30. The predicted octanol–water partition coefficient (Wildman–Crippen LogP) is 27.0. The van der Waals surface area contributed by atoms with Crippen molar-refractivity contribution in [3.63, 3.8) is 0 Å². The Labute approximate surface area is 658 Å². The number of carbonyl (C=O) groups is 4. The van der Waals surface area contributed by atoms with Gasteiger partial charge in [-0.25, -0.2) is 9.13 Å². The van der Waals surface area contributed by atoms with Crippen molar-refractivity contribution in [1.29, 1.82) is 0 Å². The van der Waals surface area contributed by atoms with Gasteiger partial charge in [0.05, 0.1) is 26.4 Å². The fraction of sp³-hybridized carbons (Fsp3) is 0.955. The summed E-state index contributed by atoms with van der Waals surface area (Å²) in [6, 6.07) is 0. The second-order valence-corrected chi connectivity index (χ2v) is 35.0. The number of aliphatic hydroxyl groups is 1. The van der Waals surface area contributed by atoms with Crippen LogP contribution in [0.1, 0.15) is 472 Å². The highest BCUT2D eigenvalue weighted by atomic mass is 31.2. The largest absolute Gasteiger partial charge is 0.472 e. The van der Waals surface area contributed by atoms with Gasteiger partial charge in [0.25, 0.3) is 0 Å². The molecule has 0 fully saturated rings.